The molecule has 6 heteroatoms. The van der Waals surface area contributed by atoms with Gasteiger partial charge in [-0.25, -0.2) is 0 Å². The molecule has 0 unspecified atom stereocenters. The lowest BCUT2D eigenvalue weighted by Crippen LogP contribution is -1.99. The fraction of sp³-hybridized carbons (Fsp3) is 0.583. The molecule has 1 rings (SSSR count). The molecule has 100 valence electrons. The van der Waals surface area contributed by atoms with E-state index in [1.807, 2.05) is 13.0 Å². The Labute approximate surface area is 107 Å². The number of rotatable bonds is 7. The number of nitriles is 1. The van der Waals surface area contributed by atoms with E-state index in [0.717, 1.165) is 5.56 Å². The van der Waals surface area contributed by atoms with E-state index in [0.29, 0.717) is 25.4 Å². The quantitative estimate of drug-likeness (QED) is 0.710. The lowest BCUT2D eigenvalue weighted by molar-refractivity contribution is 0.219. The maximum Gasteiger partial charge on any atom is 0.335 e. The highest BCUT2D eigenvalue weighted by Crippen LogP contribution is 2.51. The second-order valence-electron chi connectivity index (χ2n) is 3.63. The first-order valence-electron chi connectivity index (χ1n) is 5.98. The topological polar surface area (TPSA) is 72.5 Å². The Morgan fingerprint density at radius 2 is 1.94 bits per heavy atom. The third-order valence-corrected chi connectivity index (χ3v) is 4.37. The highest BCUT2D eigenvalue weighted by atomic mass is 31.2. The molecule has 0 aliphatic heterocycles. The van der Waals surface area contributed by atoms with Crippen molar-refractivity contribution in [3.05, 3.63) is 23.2 Å². The van der Waals surface area contributed by atoms with E-state index in [-0.39, 0.29) is 11.9 Å². The molecule has 1 heterocycles. The Kier molecular flexibility index (Phi) is 5.61. The lowest BCUT2D eigenvalue weighted by Gasteiger charge is -2.16. The molecule has 0 bridgehead atoms. The molecule has 0 radical (unpaired) electrons. The zero-order valence-electron chi connectivity index (χ0n) is 10.9. The van der Waals surface area contributed by atoms with Crippen molar-refractivity contribution in [2.75, 3.05) is 13.2 Å². The molecule has 1 aromatic heterocycles. The van der Waals surface area contributed by atoms with Crippen LogP contribution < -0.4 is 0 Å². The van der Waals surface area contributed by atoms with Gasteiger partial charge in [0.25, 0.3) is 0 Å². The van der Waals surface area contributed by atoms with Crippen LogP contribution in [0.2, 0.25) is 0 Å². The normalized spacial score (nSPS) is 11.4. The van der Waals surface area contributed by atoms with Crippen molar-refractivity contribution >= 4 is 7.60 Å². The molecule has 0 N–H and O–H groups in total. The van der Waals surface area contributed by atoms with Gasteiger partial charge in [0.2, 0.25) is 5.76 Å². The van der Waals surface area contributed by atoms with E-state index in [1.54, 1.807) is 19.9 Å². The fourth-order valence-corrected chi connectivity index (χ4v) is 3.41. The minimum atomic E-state index is -3.15. The Morgan fingerprint density at radius 1 is 1.33 bits per heavy atom. The second kappa shape index (κ2) is 6.75. The molecule has 5 nitrogen and oxygen atoms in total. The smallest absolute Gasteiger partial charge is 0.335 e. The minimum Gasteiger partial charge on any atom is -0.450 e. The van der Waals surface area contributed by atoms with Crippen molar-refractivity contribution in [2.24, 2.45) is 0 Å². The molecule has 18 heavy (non-hydrogen) atoms. The fourth-order valence-electron chi connectivity index (χ4n) is 1.69. The van der Waals surface area contributed by atoms with Gasteiger partial charge >= 0.3 is 7.60 Å². The number of nitrogens with zero attached hydrogens (tertiary/aromatic N) is 1. The molecule has 0 aromatic carbocycles. The van der Waals surface area contributed by atoms with Crippen LogP contribution in [0.5, 0.6) is 0 Å². The van der Waals surface area contributed by atoms with Crippen molar-refractivity contribution in [1.82, 2.24) is 0 Å². The average molecular weight is 271 g/mol. The molecular weight excluding hydrogens is 253 g/mol. The number of furan rings is 1. The van der Waals surface area contributed by atoms with Crippen molar-refractivity contribution in [1.29, 1.82) is 5.26 Å². The van der Waals surface area contributed by atoms with Gasteiger partial charge in [-0.05, 0) is 19.9 Å². The Hall–Kier alpha value is -1.08. The maximum absolute atomic E-state index is 12.4. The lowest BCUT2D eigenvalue weighted by atomic mass is 10.2. The van der Waals surface area contributed by atoms with Crippen molar-refractivity contribution in [3.8, 4) is 6.07 Å². The second-order valence-corrected chi connectivity index (χ2v) is 5.68. The minimum absolute atomic E-state index is 0.142. The van der Waals surface area contributed by atoms with E-state index in [9.17, 15) is 4.57 Å². The Morgan fingerprint density at radius 3 is 2.39 bits per heavy atom. The molecule has 0 fully saturated rings. The summed E-state index contributed by atoms with van der Waals surface area (Å²) in [4.78, 5) is 0. The third-order valence-electron chi connectivity index (χ3n) is 2.34. The molecule has 1 aromatic rings. The van der Waals surface area contributed by atoms with E-state index in [4.69, 9.17) is 18.7 Å². The van der Waals surface area contributed by atoms with Crippen LogP contribution in [0.1, 0.15) is 37.9 Å². The predicted octanol–water partition coefficient (Wildman–Crippen LogP) is 3.48. The molecule has 0 aliphatic carbocycles. The molecule has 0 saturated carbocycles. The highest BCUT2D eigenvalue weighted by Gasteiger charge is 2.27. The van der Waals surface area contributed by atoms with Gasteiger partial charge in [0, 0.05) is 12.0 Å². The highest BCUT2D eigenvalue weighted by molar-refractivity contribution is 7.53. The molecule has 0 aliphatic rings. The van der Waals surface area contributed by atoms with Crippen LogP contribution in [-0.4, -0.2) is 13.2 Å². The molecule has 0 atom stereocenters. The average Bonchev–Trinajstić information content (AvgIpc) is 2.71. The SMILES string of the molecule is CCOP(=O)(Cc1cc(C#N)oc1CC)OCC. The zero-order valence-corrected chi connectivity index (χ0v) is 11.8. The summed E-state index contributed by atoms with van der Waals surface area (Å²) >= 11 is 0. The summed E-state index contributed by atoms with van der Waals surface area (Å²) in [5, 5.41) is 8.80. The summed E-state index contributed by atoms with van der Waals surface area (Å²) in [6.45, 7) is 6.09. The summed E-state index contributed by atoms with van der Waals surface area (Å²) in [6, 6.07) is 3.53. The summed E-state index contributed by atoms with van der Waals surface area (Å²) < 4.78 is 28.2. The van der Waals surface area contributed by atoms with Gasteiger partial charge in [-0.3, -0.25) is 4.57 Å². The molecule has 0 saturated heterocycles. The van der Waals surface area contributed by atoms with Gasteiger partial charge in [0.15, 0.2) is 0 Å². The standard InChI is InChI=1S/C12H18NO4P/c1-4-12-10(7-11(8-13)17-12)9-18(14,15-5-2)16-6-3/h7H,4-6,9H2,1-3H3. The number of hydrogen-bond donors (Lipinski definition) is 0. The Bertz CT molecular complexity index is 465. The van der Waals surface area contributed by atoms with E-state index in [2.05, 4.69) is 0 Å². The first kappa shape index (κ1) is 15.0. The first-order chi connectivity index (χ1) is 8.58. The third kappa shape index (κ3) is 3.71. The maximum atomic E-state index is 12.4. The van der Waals surface area contributed by atoms with Gasteiger partial charge in [-0.15, -0.1) is 0 Å². The van der Waals surface area contributed by atoms with Gasteiger partial charge in [0.05, 0.1) is 19.4 Å². The number of hydrogen-bond acceptors (Lipinski definition) is 5. The van der Waals surface area contributed by atoms with Crippen molar-refractivity contribution < 1.29 is 18.0 Å². The first-order valence-corrected chi connectivity index (χ1v) is 7.71. The van der Waals surface area contributed by atoms with Crippen LogP contribution in [0.3, 0.4) is 0 Å². The van der Waals surface area contributed by atoms with Crippen LogP contribution in [-0.2, 0) is 26.2 Å². The van der Waals surface area contributed by atoms with Crippen LogP contribution in [0.25, 0.3) is 0 Å². The number of aryl methyl sites for hydroxylation is 1. The van der Waals surface area contributed by atoms with Crippen molar-refractivity contribution in [2.45, 2.75) is 33.4 Å². The van der Waals surface area contributed by atoms with Crippen molar-refractivity contribution in [3.63, 3.8) is 0 Å². The zero-order chi connectivity index (χ0) is 13.6. The van der Waals surface area contributed by atoms with Gasteiger partial charge in [-0.1, -0.05) is 6.92 Å². The van der Waals surface area contributed by atoms with Gasteiger partial charge in [0.1, 0.15) is 11.8 Å². The van der Waals surface area contributed by atoms with E-state index in [1.165, 1.54) is 0 Å². The Balaban J connectivity index is 2.96. The van der Waals surface area contributed by atoms with E-state index >= 15 is 0 Å². The summed E-state index contributed by atoms with van der Waals surface area (Å²) in [6.07, 6.45) is 0.776. The van der Waals surface area contributed by atoms with Crippen LogP contribution in [0, 0.1) is 11.3 Å². The summed E-state index contributed by atoms with van der Waals surface area (Å²) in [7, 11) is -3.15. The van der Waals surface area contributed by atoms with Crippen LogP contribution in [0.15, 0.2) is 10.5 Å². The van der Waals surface area contributed by atoms with Crippen LogP contribution in [0.4, 0.5) is 0 Å². The van der Waals surface area contributed by atoms with E-state index < -0.39 is 7.60 Å². The van der Waals surface area contributed by atoms with Gasteiger partial charge in [-0.2, -0.15) is 5.26 Å². The largest absolute Gasteiger partial charge is 0.450 e. The van der Waals surface area contributed by atoms with Gasteiger partial charge < -0.3 is 13.5 Å². The molecule has 0 amide bonds. The molecule has 0 spiro atoms. The van der Waals surface area contributed by atoms with Crippen LogP contribution >= 0.6 is 7.60 Å². The summed E-state index contributed by atoms with van der Waals surface area (Å²) in [5.41, 5.74) is 0.722. The molecular formula is C12H18NO4P. The summed E-state index contributed by atoms with van der Waals surface area (Å²) in [5.74, 6) is 0.882. The monoisotopic (exact) mass is 271 g/mol. The predicted molar refractivity (Wildman–Crippen MR) is 67.4 cm³/mol.